The minimum absolute atomic E-state index is 0.00245. The van der Waals surface area contributed by atoms with Crippen molar-refractivity contribution in [1.82, 2.24) is 0 Å². The zero-order valence-corrected chi connectivity index (χ0v) is 13.5. The van der Waals surface area contributed by atoms with E-state index in [2.05, 4.69) is 45.3 Å². The van der Waals surface area contributed by atoms with Gasteiger partial charge >= 0.3 is 0 Å². The van der Waals surface area contributed by atoms with Crippen LogP contribution >= 0.6 is 0 Å². The molecule has 0 aliphatic carbocycles. The first-order chi connectivity index (χ1) is 10.6. The fraction of sp³-hybridized carbons (Fsp3) is 0.300. The van der Waals surface area contributed by atoms with Crippen molar-refractivity contribution >= 4 is 6.08 Å². The summed E-state index contributed by atoms with van der Waals surface area (Å²) in [5.41, 5.74) is 3.18. The highest BCUT2D eigenvalue weighted by molar-refractivity contribution is 5.57. The van der Waals surface area contributed by atoms with Gasteiger partial charge in [-0.15, -0.1) is 0 Å². The van der Waals surface area contributed by atoms with Gasteiger partial charge in [-0.25, -0.2) is 4.39 Å². The molecule has 0 radical (unpaired) electrons. The third-order valence-corrected chi connectivity index (χ3v) is 5.16. The summed E-state index contributed by atoms with van der Waals surface area (Å²) in [5, 5.41) is 0. The largest absolute Gasteiger partial charge is 0.287 e. The van der Waals surface area contributed by atoms with E-state index >= 15 is 0 Å². The molecule has 0 N–H and O–H groups in total. The zero-order chi connectivity index (χ0) is 15.7. The minimum Gasteiger partial charge on any atom is -0.287 e. The number of quaternary nitrogens is 1. The molecule has 3 atom stereocenters. The van der Waals surface area contributed by atoms with Crippen LogP contribution in [-0.4, -0.2) is 17.6 Å². The Morgan fingerprint density at radius 3 is 2.36 bits per heavy atom. The van der Waals surface area contributed by atoms with E-state index in [4.69, 9.17) is 0 Å². The summed E-state index contributed by atoms with van der Waals surface area (Å²) in [6.07, 6.45) is 5.46. The maximum Gasteiger partial charge on any atom is 0.148 e. The van der Waals surface area contributed by atoms with Crippen LogP contribution in [0.15, 0.2) is 54.7 Å². The van der Waals surface area contributed by atoms with Gasteiger partial charge in [-0.1, -0.05) is 43.3 Å². The fourth-order valence-electron chi connectivity index (χ4n) is 3.50. The van der Waals surface area contributed by atoms with Crippen LogP contribution in [-0.2, 0) is 0 Å². The van der Waals surface area contributed by atoms with Crippen molar-refractivity contribution in [1.29, 1.82) is 0 Å². The molecule has 2 aromatic carbocycles. The van der Waals surface area contributed by atoms with E-state index in [9.17, 15) is 4.39 Å². The SMILES string of the molecule is CCC(C)[N+]1(C)C=Cc2ccccc2C1c1ccccc1F. The Bertz CT molecular complexity index is 706. The van der Waals surface area contributed by atoms with Crippen molar-refractivity contribution in [2.75, 3.05) is 7.05 Å². The van der Waals surface area contributed by atoms with Crippen molar-refractivity contribution in [3.8, 4) is 0 Å². The first-order valence-electron chi connectivity index (χ1n) is 7.96. The molecule has 22 heavy (non-hydrogen) atoms. The summed E-state index contributed by atoms with van der Waals surface area (Å²) in [6, 6.07) is 15.9. The Hall–Kier alpha value is -1.93. The lowest BCUT2D eigenvalue weighted by atomic mass is 9.87. The van der Waals surface area contributed by atoms with Crippen LogP contribution in [0.25, 0.3) is 6.08 Å². The van der Waals surface area contributed by atoms with E-state index < -0.39 is 0 Å². The summed E-state index contributed by atoms with van der Waals surface area (Å²) in [7, 11) is 2.21. The second kappa shape index (κ2) is 5.69. The van der Waals surface area contributed by atoms with Gasteiger partial charge in [0.25, 0.3) is 0 Å². The van der Waals surface area contributed by atoms with Gasteiger partial charge in [-0.2, -0.15) is 0 Å². The van der Waals surface area contributed by atoms with Crippen LogP contribution in [0.5, 0.6) is 0 Å². The van der Waals surface area contributed by atoms with Gasteiger partial charge < -0.3 is 0 Å². The fourth-order valence-corrected chi connectivity index (χ4v) is 3.50. The van der Waals surface area contributed by atoms with Gasteiger partial charge in [0.05, 0.1) is 24.9 Å². The molecule has 2 aromatic rings. The lowest BCUT2D eigenvalue weighted by Crippen LogP contribution is -2.50. The first-order valence-corrected chi connectivity index (χ1v) is 7.96. The lowest BCUT2D eigenvalue weighted by Gasteiger charge is -2.45. The van der Waals surface area contributed by atoms with Crippen molar-refractivity contribution in [2.24, 2.45) is 0 Å². The number of hydrogen-bond donors (Lipinski definition) is 0. The first kappa shape index (κ1) is 15.0. The van der Waals surface area contributed by atoms with E-state index in [0.717, 1.165) is 12.0 Å². The Labute approximate surface area is 132 Å². The predicted octanol–water partition coefficient (Wildman–Crippen LogP) is 5.14. The van der Waals surface area contributed by atoms with Crippen molar-refractivity contribution in [3.05, 3.63) is 77.2 Å². The van der Waals surface area contributed by atoms with Gasteiger partial charge in [-0.3, -0.25) is 4.48 Å². The normalized spacial score (nSPS) is 24.8. The molecule has 0 fully saturated rings. The molecule has 1 aliphatic rings. The lowest BCUT2D eigenvalue weighted by molar-refractivity contribution is -0.908. The van der Waals surface area contributed by atoms with Crippen molar-refractivity contribution < 1.29 is 8.87 Å². The molecule has 3 rings (SSSR count). The van der Waals surface area contributed by atoms with Crippen LogP contribution in [0.1, 0.15) is 43.0 Å². The van der Waals surface area contributed by atoms with Crippen LogP contribution in [0.3, 0.4) is 0 Å². The average molecular weight is 296 g/mol. The van der Waals surface area contributed by atoms with Crippen LogP contribution in [0, 0.1) is 5.82 Å². The van der Waals surface area contributed by atoms with Gasteiger partial charge in [0, 0.05) is 5.56 Å². The van der Waals surface area contributed by atoms with E-state index in [0.29, 0.717) is 10.5 Å². The summed E-state index contributed by atoms with van der Waals surface area (Å²) in [4.78, 5) is 0. The van der Waals surface area contributed by atoms with Gasteiger partial charge in [0.2, 0.25) is 0 Å². The maximum absolute atomic E-state index is 14.5. The number of hydrogen-bond acceptors (Lipinski definition) is 0. The molecule has 0 saturated carbocycles. The zero-order valence-electron chi connectivity index (χ0n) is 13.5. The monoisotopic (exact) mass is 296 g/mol. The third kappa shape index (κ3) is 2.28. The van der Waals surface area contributed by atoms with E-state index in [-0.39, 0.29) is 11.9 Å². The molecule has 3 unspecified atom stereocenters. The van der Waals surface area contributed by atoms with Gasteiger partial charge in [-0.05, 0) is 37.1 Å². The summed E-state index contributed by atoms with van der Waals surface area (Å²) in [6.45, 7) is 4.44. The second-order valence-electron chi connectivity index (χ2n) is 6.35. The third-order valence-electron chi connectivity index (χ3n) is 5.16. The molecule has 0 saturated heterocycles. The van der Waals surface area contributed by atoms with Crippen LogP contribution in [0.2, 0.25) is 0 Å². The standard InChI is InChI=1S/C20H23FN/c1-4-15(2)22(3)14-13-16-9-5-6-10-17(16)20(22)18-11-7-8-12-19(18)21/h5-15,20H,4H2,1-3H3/q+1. The maximum atomic E-state index is 14.5. The molecule has 0 aromatic heterocycles. The minimum atomic E-state index is -0.120. The van der Waals surface area contributed by atoms with Crippen molar-refractivity contribution in [2.45, 2.75) is 32.4 Å². The van der Waals surface area contributed by atoms with E-state index in [1.165, 1.54) is 11.1 Å². The number of fused-ring (bicyclic) bond motifs is 1. The molecule has 0 bridgehead atoms. The molecular weight excluding hydrogens is 273 g/mol. The number of halogens is 1. The highest BCUT2D eigenvalue weighted by Gasteiger charge is 2.42. The average Bonchev–Trinajstić information content (AvgIpc) is 2.55. The van der Waals surface area contributed by atoms with Crippen LogP contribution in [0.4, 0.5) is 4.39 Å². The molecule has 0 spiro atoms. The molecule has 0 amide bonds. The highest BCUT2D eigenvalue weighted by Crippen LogP contribution is 2.43. The van der Waals surface area contributed by atoms with Gasteiger partial charge in [0.15, 0.2) is 0 Å². The summed E-state index contributed by atoms with van der Waals surface area (Å²) >= 11 is 0. The number of benzene rings is 2. The molecule has 1 aliphatic heterocycles. The second-order valence-corrected chi connectivity index (χ2v) is 6.35. The molecular formula is C20H23FN+. The molecule has 114 valence electrons. The Balaban J connectivity index is 2.24. The predicted molar refractivity (Wildman–Crippen MR) is 89.7 cm³/mol. The topological polar surface area (TPSA) is 0 Å². The summed E-state index contributed by atoms with van der Waals surface area (Å²) < 4.78 is 15.2. The molecule has 1 heterocycles. The van der Waals surface area contributed by atoms with Crippen molar-refractivity contribution in [3.63, 3.8) is 0 Å². The smallest absolute Gasteiger partial charge is 0.148 e. The number of rotatable bonds is 3. The molecule has 1 nitrogen and oxygen atoms in total. The Kier molecular flexibility index (Phi) is 3.88. The Morgan fingerprint density at radius 2 is 1.68 bits per heavy atom. The quantitative estimate of drug-likeness (QED) is 0.688. The molecule has 2 heteroatoms. The van der Waals surface area contributed by atoms with Gasteiger partial charge in [0.1, 0.15) is 11.9 Å². The highest BCUT2D eigenvalue weighted by atomic mass is 19.1. The van der Waals surface area contributed by atoms with E-state index in [1.54, 1.807) is 12.1 Å². The van der Waals surface area contributed by atoms with E-state index in [1.807, 2.05) is 24.3 Å². The summed E-state index contributed by atoms with van der Waals surface area (Å²) in [5.74, 6) is -0.120. The Morgan fingerprint density at radius 1 is 1.05 bits per heavy atom. The number of nitrogens with zero attached hydrogens (tertiary/aromatic N) is 1. The van der Waals surface area contributed by atoms with Crippen LogP contribution < -0.4 is 0 Å².